The molecule has 1 aromatic heterocycles. The Morgan fingerprint density at radius 1 is 1.31 bits per heavy atom. The zero-order valence-electron chi connectivity index (χ0n) is 14.6. The van der Waals surface area contributed by atoms with Gasteiger partial charge in [0.1, 0.15) is 11.5 Å². The fourth-order valence-electron chi connectivity index (χ4n) is 2.94. The number of hydrogen-bond donors (Lipinski definition) is 0. The van der Waals surface area contributed by atoms with E-state index in [0.29, 0.717) is 21.3 Å². The van der Waals surface area contributed by atoms with Crippen molar-refractivity contribution in [1.82, 2.24) is 4.57 Å². The SMILES string of the molecule is CCOC(=O)c1c(Br)c2c(Cl)c(F)ccc2n1-c1cccc(C(C)C)c1. The predicted molar refractivity (Wildman–Crippen MR) is 106 cm³/mol. The van der Waals surface area contributed by atoms with Crippen LogP contribution < -0.4 is 0 Å². The van der Waals surface area contributed by atoms with E-state index in [9.17, 15) is 9.18 Å². The maximum absolute atomic E-state index is 14.0. The Bertz CT molecular complexity index is 997. The van der Waals surface area contributed by atoms with Crippen LogP contribution in [0.2, 0.25) is 5.02 Å². The molecule has 0 saturated carbocycles. The normalized spacial score (nSPS) is 11.3. The fourth-order valence-corrected chi connectivity index (χ4v) is 4.05. The van der Waals surface area contributed by atoms with Gasteiger partial charge in [0.2, 0.25) is 0 Å². The molecule has 0 bridgehead atoms. The van der Waals surface area contributed by atoms with E-state index in [1.54, 1.807) is 17.6 Å². The molecule has 0 spiro atoms. The summed E-state index contributed by atoms with van der Waals surface area (Å²) >= 11 is 9.63. The minimum absolute atomic E-state index is 0.0290. The number of ether oxygens (including phenoxy) is 1. The standard InChI is InChI=1S/C20H18BrClFNO2/c1-4-26-20(25)19-17(21)16-15(9-8-14(23)18(16)22)24(19)13-7-5-6-12(10-13)11(2)3/h5-11H,4H2,1-3H3. The lowest BCUT2D eigenvalue weighted by molar-refractivity contribution is 0.0516. The topological polar surface area (TPSA) is 31.2 Å². The molecule has 0 unspecified atom stereocenters. The summed E-state index contributed by atoms with van der Waals surface area (Å²) in [4.78, 5) is 12.6. The van der Waals surface area contributed by atoms with E-state index in [0.717, 1.165) is 11.3 Å². The van der Waals surface area contributed by atoms with Crippen molar-refractivity contribution in [3.05, 3.63) is 63.0 Å². The third-order valence-electron chi connectivity index (χ3n) is 4.23. The summed E-state index contributed by atoms with van der Waals surface area (Å²) in [6.07, 6.45) is 0. The summed E-state index contributed by atoms with van der Waals surface area (Å²) in [5.74, 6) is -0.711. The van der Waals surface area contributed by atoms with Crippen molar-refractivity contribution in [2.45, 2.75) is 26.7 Å². The summed E-state index contributed by atoms with van der Waals surface area (Å²) in [6.45, 7) is 6.17. The highest BCUT2D eigenvalue weighted by molar-refractivity contribution is 9.10. The molecule has 3 aromatic rings. The van der Waals surface area contributed by atoms with Gasteiger partial charge in [-0.2, -0.15) is 0 Å². The van der Waals surface area contributed by atoms with Crippen LogP contribution in [0.25, 0.3) is 16.6 Å². The first-order chi connectivity index (χ1) is 12.4. The van der Waals surface area contributed by atoms with Gasteiger partial charge in [0.15, 0.2) is 0 Å². The number of rotatable bonds is 4. The van der Waals surface area contributed by atoms with E-state index in [1.165, 1.54) is 6.07 Å². The fraction of sp³-hybridized carbons (Fsp3) is 0.250. The van der Waals surface area contributed by atoms with Crippen molar-refractivity contribution in [3.63, 3.8) is 0 Å². The molecule has 136 valence electrons. The zero-order valence-corrected chi connectivity index (χ0v) is 17.0. The Morgan fingerprint density at radius 2 is 2.04 bits per heavy atom. The van der Waals surface area contributed by atoms with Crippen LogP contribution in [-0.2, 0) is 4.74 Å². The second kappa shape index (κ2) is 7.41. The molecule has 0 atom stereocenters. The molecule has 3 rings (SSSR count). The van der Waals surface area contributed by atoms with Crippen molar-refractivity contribution in [2.75, 3.05) is 6.61 Å². The molecule has 6 heteroatoms. The van der Waals surface area contributed by atoms with Gasteiger partial charge in [-0.1, -0.05) is 37.6 Å². The number of benzene rings is 2. The molecule has 0 aliphatic rings. The summed E-state index contributed by atoms with van der Waals surface area (Å²) in [5.41, 5.74) is 2.84. The maximum Gasteiger partial charge on any atom is 0.356 e. The highest BCUT2D eigenvalue weighted by Gasteiger charge is 2.26. The van der Waals surface area contributed by atoms with Crippen LogP contribution in [0.15, 0.2) is 40.9 Å². The average Bonchev–Trinajstić information content (AvgIpc) is 2.91. The Morgan fingerprint density at radius 3 is 2.69 bits per heavy atom. The second-order valence-corrected chi connectivity index (χ2v) is 7.39. The molecular weight excluding hydrogens is 421 g/mol. The highest BCUT2D eigenvalue weighted by Crippen LogP contribution is 2.39. The summed E-state index contributed by atoms with van der Waals surface area (Å²) < 4.78 is 21.4. The molecule has 2 aromatic carbocycles. The van der Waals surface area contributed by atoms with E-state index in [-0.39, 0.29) is 17.3 Å². The number of esters is 1. The number of carbonyl (C=O) groups is 1. The van der Waals surface area contributed by atoms with E-state index in [2.05, 4.69) is 29.8 Å². The molecule has 0 saturated heterocycles. The van der Waals surface area contributed by atoms with E-state index in [1.807, 2.05) is 24.3 Å². The van der Waals surface area contributed by atoms with E-state index >= 15 is 0 Å². The van der Waals surface area contributed by atoms with Gasteiger partial charge in [0.25, 0.3) is 0 Å². The van der Waals surface area contributed by atoms with Crippen molar-refractivity contribution in [1.29, 1.82) is 0 Å². The van der Waals surface area contributed by atoms with Crippen LogP contribution in [0.4, 0.5) is 4.39 Å². The van der Waals surface area contributed by atoms with Crippen LogP contribution in [0, 0.1) is 5.82 Å². The molecule has 26 heavy (non-hydrogen) atoms. The molecule has 0 aliphatic carbocycles. The first-order valence-electron chi connectivity index (χ1n) is 8.32. The van der Waals surface area contributed by atoms with Crippen LogP contribution in [-0.4, -0.2) is 17.1 Å². The van der Waals surface area contributed by atoms with Gasteiger partial charge in [-0.05, 0) is 58.6 Å². The zero-order chi connectivity index (χ0) is 19.0. The molecule has 0 N–H and O–H groups in total. The Kier molecular flexibility index (Phi) is 5.39. The van der Waals surface area contributed by atoms with Crippen LogP contribution >= 0.6 is 27.5 Å². The smallest absolute Gasteiger partial charge is 0.356 e. The third-order valence-corrected chi connectivity index (χ3v) is 5.37. The van der Waals surface area contributed by atoms with Gasteiger partial charge in [-0.3, -0.25) is 0 Å². The largest absolute Gasteiger partial charge is 0.461 e. The quantitative estimate of drug-likeness (QED) is 0.436. The molecule has 0 aliphatic heterocycles. The summed E-state index contributed by atoms with van der Waals surface area (Å²) in [5, 5.41) is 0.420. The van der Waals surface area contributed by atoms with Crippen molar-refractivity contribution < 1.29 is 13.9 Å². The van der Waals surface area contributed by atoms with Gasteiger partial charge in [0, 0.05) is 11.1 Å². The van der Waals surface area contributed by atoms with Gasteiger partial charge < -0.3 is 9.30 Å². The van der Waals surface area contributed by atoms with Crippen LogP contribution in [0.1, 0.15) is 42.7 Å². The third kappa shape index (κ3) is 3.14. The number of carbonyl (C=O) groups excluding carboxylic acids is 1. The van der Waals surface area contributed by atoms with E-state index < -0.39 is 11.8 Å². The highest BCUT2D eigenvalue weighted by atomic mass is 79.9. The van der Waals surface area contributed by atoms with Crippen LogP contribution in [0.3, 0.4) is 0 Å². The number of aromatic nitrogens is 1. The van der Waals surface area contributed by atoms with E-state index in [4.69, 9.17) is 16.3 Å². The minimum Gasteiger partial charge on any atom is -0.461 e. The Labute approximate surface area is 164 Å². The van der Waals surface area contributed by atoms with Crippen molar-refractivity contribution in [3.8, 4) is 5.69 Å². The second-order valence-electron chi connectivity index (χ2n) is 6.22. The maximum atomic E-state index is 14.0. The number of hydrogen-bond acceptors (Lipinski definition) is 2. The molecule has 0 radical (unpaired) electrons. The first-order valence-corrected chi connectivity index (χ1v) is 9.49. The van der Waals surface area contributed by atoms with Gasteiger partial charge in [-0.15, -0.1) is 0 Å². The average molecular weight is 439 g/mol. The van der Waals surface area contributed by atoms with Crippen molar-refractivity contribution >= 4 is 44.4 Å². The first kappa shape index (κ1) is 18.9. The lowest BCUT2D eigenvalue weighted by atomic mass is 10.0. The lowest BCUT2D eigenvalue weighted by Gasteiger charge is -2.13. The Balaban J connectivity index is 2.39. The predicted octanol–water partition coefficient (Wildman–Crippen LogP) is 6.49. The monoisotopic (exact) mass is 437 g/mol. The molecule has 0 fully saturated rings. The van der Waals surface area contributed by atoms with Gasteiger partial charge in [0.05, 0.1) is 21.6 Å². The van der Waals surface area contributed by atoms with Gasteiger partial charge in [-0.25, -0.2) is 9.18 Å². The van der Waals surface area contributed by atoms with Crippen LogP contribution in [0.5, 0.6) is 0 Å². The molecule has 1 heterocycles. The minimum atomic E-state index is -0.539. The molecule has 0 amide bonds. The van der Waals surface area contributed by atoms with Crippen molar-refractivity contribution in [2.24, 2.45) is 0 Å². The molecular formula is C20H18BrClFNO2. The van der Waals surface area contributed by atoms with Gasteiger partial charge >= 0.3 is 5.97 Å². The summed E-state index contributed by atoms with van der Waals surface area (Å²) in [6, 6.07) is 10.8. The lowest BCUT2D eigenvalue weighted by Crippen LogP contribution is -2.12. The summed E-state index contributed by atoms with van der Waals surface area (Å²) in [7, 11) is 0. The number of halogens is 3. The number of nitrogens with zero attached hydrogens (tertiary/aromatic N) is 1. The molecule has 3 nitrogen and oxygen atoms in total. The Hall–Kier alpha value is -1.85. The number of fused-ring (bicyclic) bond motifs is 1.